The summed E-state index contributed by atoms with van der Waals surface area (Å²) in [5.41, 5.74) is 1.59. The van der Waals surface area contributed by atoms with Crippen molar-refractivity contribution >= 4 is 6.03 Å². The van der Waals surface area contributed by atoms with Gasteiger partial charge in [-0.1, -0.05) is 37.3 Å². The van der Waals surface area contributed by atoms with Crippen molar-refractivity contribution in [2.45, 2.75) is 58.0 Å². The number of aliphatic hydroxyl groups excluding tert-OH is 1. The molecule has 1 aromatic carbocycles. The fourth-order valence-corrected chi connectivity index (χ4v) is 5.81. The Morgan fingerprint density at radius 3 is 2.62 bits per heavy atom. The largest absolute Gasteiger partial charge is 0.396 e. The van der Waals surface area contributed by atoms with Gasteiger partial charge < -0.3 is 15.3 Å². The molecule has 0 spiro atoms. The fourth-order valence-electron chi connectivity index (χ4n) is 5.81. The highest BCUT2D eigenvalue weighted by molar-refractivity contribution is 5.75. The summed E-state index contributed by atoms with van der Waals surface area (Å²) < 4.78 is 0. The highest BCUT2D eigenvalue weighted by Crippen LogP contribution is 2.39. The molecule has 4 fully saturated rings. The van der Waals surface area contributed by atoms with Gasteiger partial charge in [0.2, 0.25) is 0 Å². The Morgan fingerprint density at radius 1 is 1.21 bits per heavy atom. The molecule has 1 aliphatic carbocycles. The van der Waals surface area contributed by atoms with Gasteiger partial charge in [-0.2, -0.15) is 0 Å². The third-order valence-electron chi connectivity index (χ3n) is 7.93. The van der Waals surface area contributed by atoms with Gasteiger partial charge in [-0.25, -0.2) is 4.79 Å². The molecule has 3 heterocycles. The van der Waals surface area contributed by atoms with Crippen molar-refractivity contribution in [1.82, 2.24) is 15.1 Å². The van der Waals surface area contributed by atoms with Crippen LogP contribution in [0.25, 0.3) is 0 Å². The van der Waals surface area contributed by atoms with E-state index in [-0.39, 0.29) is 30.0 Å². The number of rotatable bonds is 6. The fraction of sp³-hybridized carbons (Fsp3) is 0.708. The predicted octanol–water partition coefficient (Wildman–Crippen LogP) is 3.48. The minimum Gasteiger partial charge on any atom is -0.396 e. The number of urea groups is 1. The molecular weight excluding hydrogens is 362 g/mol. The molecular formula is C24H37N3O2. The van der Waals surface area contributed by atoms with Gasteiger partial charge in [-0.3, -0.25) is 4.90 Å². The van der Waals surface area contributed by atoms with Crippen LogP contribution in [0.1, 0.15) is 51.0 Å². The maximum atomic E-state index is 13.0. The highest BCUT2D eigenvalue weighted by atomic mass is 16.3. The number of nitrogens with one attached hydrogen (secondary N) is 1. The zero-order valence-electron chi connectivity index (χ0n) is 17.9. The standard InChI is InChI=1S/C24H37N3O2/c1-2-24(10-12-26(13-11-24)15-19-6-4-3-5-7-19)18-25-23(29)27-16-20-8-9-22(27)21(14-20)17-28/h3-7,20-22,28H,2,8-18H2,1H3,(H,25,29). The lowest BCUT2D eigenvalue weighted by atomic mass is 9.73. The summed E-state index contributed by atoms with van der Waals surface area (Å²) in [7, 11) is 0. The molecule has 5 nitrogen and oxygen atoms in total. The minimum atomic E-state index is 0.0948. The van der Waals surface area contributed by atoms with Gasteiger partial charge in [0, 0.05) is 38.2 Å². The molecule has 5 rings (SSSR count). The molecule has 3 unspecified atom stereocenters. The topological polar surface area (TPSA) is 55.8 Å². The molecule has 3 saturated heterocycles. The molecule has 2 amide bonds. The van der Waals surface area contributed by atoms with E-state index in [9.17, 15) is 9.90 Å². The minimum absolute atomic E-state index is 0.0948. The van der Waals surface area contributed by atoms with Crippen LogP contribution in [-0.2, 0) is 6.54 Å². The number of likely N-dealkylation sites (tertiary alicyclic amines) is 1. The summed E-state index contributed by atoms with van der Waals surface area (Å²) in [4.78, 5) is 17.6. The first-order valence-electron chi connectivity index (χ1n) is 11.5. The quantitative estimate of drug-likeness (QED) is 0.770. The lowest BCUT2D eigenvalue weighted by molar-refractivity contribution is 0.00242. The Kier molecular flexibility index (Phi) is 6.45. The van der Waals surface area contributed by atoms with Gasteiger partial charge in [-0.05, 0) is 68.5 Å². The van der Waals surface area contributed by atoms with E-state index < -0.39 is 0 Å². The second-order valence-electron chi connectivity index (χ2n) is 9.62. The summed E-state index contributed by atoms with van der Waals surface area (Å²) in [6.45, 7) is 7.34. The number of nitrogens with zero attached hydrogens (tertiary/aromatic N) is 2. The first-order valence-corrected chi connectivity index (χ1v) is 11.5. The van der Waals surface area contributed by atoms with Gasteiger partial charge >= 0.3 is 6.03 Å². The van der Waals surface area contributed by atoms with Gasteiger partial charge in [0.25, 0.3) is 0 Å². The highest BCUT2D eigenvalue weighted by Gasteiger charge is 2.43. The van der Waals surface area contributed by atoms with Crippen LogP contribution in [0.15, 0.2) is 30.3 Å². The van der Waals surface area contributed by atoms with Crippen molar-refractivity contribution in [3.05, 3.63) is 35.9 Å². The van der Waals surface area contributed by atoms with Crippen molar-refractivity contribution in [2.75, 3.05) is 32.8 Å². The van der Waals surface area contributed by atoms with Gasteiger partial charge in [0.05, 0.1) is 0 Å². The van der Waals surface area contributed by atoms with E-state index in [1.807, 2.05) is 4.90 Å². The molecule has 4 aliphatic rings. The average molecular weight is 400 g/mol. The van der Waals surface area contributed by atoms with Crippen LogP contribution in [-0.4, -0.2) is 59.8 Å². The first-order chi connectivity index (χ1) is 14.1. The normalized spacial score (nSPS) is 29.0. The predicted molar refractivity (Wildman–Crippen MR) is 115 cm³/mol. The Bertz CT molecular complexity index is 672. The lowest BCUT2D eigenvalue weighted by Gasteiger charge is -2.50. The molecule has 1 aromatic rings. The first kappa shape index (κ1) is 20.7. The molecule has 0 aromatic heterocycles. The molecule has 0 radical (unpaired) electrons. The maximum absolute atomic E-state index is 13.0. The van der Waals surface area contributed by atoms with Crippen LogP contribution in [0.5, 0.6) is 0 Å². The number of benzene rings is 1. The second kappa shape index (κ2) is 9.05. The van der Waals surface area contributed by atoms with Crippen LogP contribution in [0.3, 0.4) is 0 Å². The number of aliphatic hydroxyl groups is 1. The Labute approximate surface area is 175 Å². The van der Waals surface area contributed by atoms with E-state index in [1.54, 1.807) is 0 Å². The zero-order valence-corrected chi connectivity index (χ0v) is 17.9. The van der Waals surface area contributed by atoms with E-state index in [0.717, 1.165) is 64.8 Å². The van der Waals surface area contributed by atoms with Crippen molar-refractivity contribution in [3.63, 3.8) is 0 Å². The number of hydrogen-bond acceptors (Lipinski definition) is 3. The number of carbonyl (C=O) groups excluding carboxylic acids is 1. The van der Waals surface area contributed by atoms with E-state index >= 15 is 0 Å². The third-order valence-corrected chi connectivity index (χ3v) is 7.93. The molecule has 3 atom stereocenters. The summed E-state index contributed by atoms with van der Waals surface area (Å²) in [5, 5.41) is 13.0. The molecule has 5 heteroatoms. The van der Waals surface area contributed by atoms with E-state index in [0.29, 0.717) is 5.92 Å². The number of fused-ring (bicyclic) bond motifs is 3. The number of carbonyl (C=O) groups is 1. The van der Waals surface area contributed by atoms with Crippen LogP contribution in [0.4, 0.5) is 4.79 Å². The number of hydrogen-bond donors (Lipinski definition) is 2. The van der Waals surface area contributed by atoms with Crippen molar-refractivity contribution < 1.29 is 9.90 Å². The smallest absolute Gasteiger partial charge is 0.317 e. The molecule has 2 bridgehead atoms. The monoisotopic (exact) mass is 399 g/mol. The van der Waals surface area contributed by atoms with E-state index in [4.69, 9.17) is 0 Å². The van der Waals surface area contributed by atoms with Gasteiger partial charge in [0.15, 0.2) is 0 Å². The summed E-state index contributed by atoms with van der Waals surface area (Å²) in [6, 6.07) is 11.0. The molecule has 3 aliphatic heterocycles. The Hall–Kier alpha value is -1.59. The molecule has 160 valence electrons. The van der Waals surface area contributed by atoms with Crippen LogP contribution in [0, 0.1) is 17.3 Å². The van der Waals surface area contributed by atoms with Gasteiger partial charge in [-0.15, -0.1) is 0 Å². The second-order valence-corrected chi connectivity index (χ2v) is 9.62. The van der Waals surface area contributed by atoms with E-state index in [1.165, 1.54) is 12.0 Å². The lowest BCUT2D eigenvalue weighted by Crippen LogP contribution is -2.59. The maximum Gasteiger partial charge on any atom is 0.317 e. The van der Waals surface area contributed by atoms with E-state index in [2.05, 4.69) is 47.5 Å². The van der Waals surface area contributed by atoms with Crippen LogP contribution < -0.4 is 5.32 Å². The van der Waals surface area contributed by atoms with Crippen LogP contribution >= 0.6 is 0 Å². The zero-order chi connectivity index (χ0) is 20.3. The molecule has 29 heavy (non-hydrogen) atoms. The third kappa shape index (κ3) is 4.61. The summed E-state index contributed by atoms with van der Waals surface area (Å²) >= 11 is 0. The molecule has 2 N–H and O–H groups in total. The number of amides is 2. The van der Waals surface area contributed by atoms with Crippen molar-refractivity contribution in [2.24, 2.45) is 17.3 Å². The van der Waals surface area contributed by atoms with Crippen molar-refractivity contribution in [1.29, 1.82) is 0 Å². The average Bonchev–Trinajstić information content (AvgIpc) is 2.79. The Balaban J connectivity index is 1.29. The number of piperidine rings is 3. The Morgan fingerprint density at radius 2 is 1.97 bits per heavy atom. The summed E-state index contributed by atoms with van der Waals surface area (Å²) in [5.74, 6) is 0.846. The SMILES string of the molecule is CCC1(CNC(=O)N2CC3CCC2C(CO)C3)CCN(Cc2ccccc2)CC1. The summed E-state index contributed by atoms with van der Waals surface area (Å²) in [6.07, 6.45) is 6.74. The van der Waals surface area contributed by atoms with Gasteiger partial charge in [0.1, 0.15) is 0 Å². The van der Waals surface area contributed by atoms with Crippen molar-refractivity contribution in [3.8, 4) is 0 Å². The van der Waals surface area contributed by atoms with Crippen LogP contribution in [0.2, 0.25) is 0 Å². The molecule has 1 saturated carbocycles.